The number of thioether (sulfide) groups is 1. The smallest absolute Gasteiger partial charge is 0.412 e. The van der Waals surface area contributed by atoms with E-state index in [4.69, 9.17) is 9.47 Å². The molecule has 0 radical (unpaired) electrons. The molecule has 0 aliphatic rings. The first-order chi connectivity index (χ1) is 14.3. The van der Waals surface area contributed by atoms with E-state index in [0.717, 1.165) is 8.47 Å². The lowest BCUT2D eigenvalue weighted by atomic mass is 9.94. The lowest BCUT2D eigenvalue weighted by Gasteiger charge is -2.25. The van der Waals surface area contributed by atoms with Gasteiger partial charge in [-0.2, -0.15) is 12.6 Å². The zero-order valence-electron chi connectivity index (χ0n) is 16.6. The number of phenolic OH excluding ortho intramolecular Hbond substituents is 1. The summed E-state index contributed by atoms with van der Waals surface area (Å²) >= 11 is 7.62. The normalized spacial score (nSPS) is 12.7. The molecule has 6 nitrogen and oxygen atoms in total. The zero-order chi connectivity index (χ0) is 22.1. The number of rotatable bonds is 9. The fourth-order valence-corrected chi connectivity index (χ4v) is 3.75. The number of amides is 1. The van der Waals surface area contributed by atoms with Gasteiger partial charge in [0.05, 0.1) is 12.4 Å². The minimum absolute atomic E-state index is 0.00368. The van der Waals surface area contributed by atoms with Crippen molar-refractivity contribution >= 4 is 64.7 Å². The van der Waals surface area contributed by atoms with Crippen molar-refractivity contribution in [1.82, 2.24) is 0 Å². The summed E-state index contributed by atoms with van der Waals surface area (Å²) in [7, 11) is 0. The van der Waals surface area contributed by atoms with E-state index in [9.17, 15) is 14.7 Å². The second-order valence-electron chi connectivity index (χ2n) is 6.53. The third-order valence-electron chi connectivity index (χ3n) is 4.35. The van der Waals surface area contributed by atoms with Crippen molar-refractivity contribution in [1.29, 1.82) is 0 Å². The second-order valence-corrected chi connectivity index (χ2v) is 8.97. The third-order valence-corrected chi connectivity index (χ3v) is 6.02. The number of anilines is 1. The van der Waals surface area contributed by atoms with Crippen molar-refractivity contribution in [3.63, 3.8) is 0 Å². The molecule has 2 rings (SSSR count). The number of thiol groups is 1. The van der Waals surface area contributed by atoms with E-state index < -0.39 is 18.2 Å². The lowest BCUT2D eigenvalue weighted by molar-refractivity contribution is -0.141. The Bertz CT molecular complexity index is 863. The molecule has 0 spiro atoms. The highest BCUT2D eigenvalue weighted by Crippen LogP contribution is 2.35. The van der Waals surface area contributed by atoms with E-state index in [1.807, 2.05) is 25.3 Å². The molecule has 0 heterocycles. The highest BCUT2D eigenvalue weighted by atomic mass is 127. The number of hydrogen-bond donors (Lipinski definition) is 3. The van der Waals surface area contributed by atoms with Crippen LogP contribution >= 0.6 is 47.0 Å². The van der Waals surface area contributed by atoms with Crippen LogP contribution in [0.5, 0.6) is 5.75 Å². The summed E-state index contributed by atoms with van der Waals surface area (Å²) in [5.74, 6) is -0.585. The number of benzene rings is 2. The van der Waals surface area contributed by atoms with Gasteiger partial charge in [-0.05, 0) is 77.7 Å². The Kier molecular flexibility index (Phi) is 10.1. The average Bonchev–Trinajstić information content (AvgIpc) is 2.74. The van der Waals surface area contributed by atoms with Crippen LogP contribution < -0.4 is 5.32 Å². The number of ether oxygens (including phenoxy) is 2. The van der Waals surface area contributed by atoms with Crippen LogP contribution in [-0.4, -0.2) is 35.8 Å². The first kappa shape index (κ1) is 24.7. The minimum atomic E-state index is -0.722. The molecule has 2 aromatic carbocycles. The van der Waals surface area contributed by atoms with Crippen molar-refractivity contribution in [3.05, 3.63) is 51.6 Å². The quantitative estimate of drug-likeness (QED) is 0.162. The predicted octanol–water partition coefficient (Wildman–Crippen LogP) is 5.51. The number of aromatic hydroxyl groups is 1. The molecular weight excluding hydrogens is 537 g/mol. The van der Waals surface area contributed by atoms with E-state index in [1.165, 1.54) is 0 Å². The van der Waals surface area contributed by atoms with Gasteiger partial charge in [0.1, 0.15) is 11.9 Å². The Morgan fingerprint density at radius 2 is 1.93 bits per heavy atom. The largest absolute Gasteiger partial charge is 0.508 e. The maximum Gasteiger partial charge on any atom is 0.412 e. The zero-order valence-corrected chi connectivity index (χ0v) is 20.5. The monoisotopic (exact) mass is 561 g/mol. The van der Waals surface area contributed by atoms with Crippen LogP contribution in [-0.2, 0) is 14.3 Å². The van der Waals surface area contributed by atoms with Crippen molar-refractivity contribution in [2.45, 2.75) is 24.3 Å². The van der Waals surface area contributed by atoms with Crippen LogP contribution in [0, 0.1) is 9.49 Å². The van der Waals surface area contributed by atoms with Crippen LogP contribution in [0.3, 0.4) is 0 Å². The Labute approximate surface area is 199 Å². The Morgan fingerprint density at radius 1 is 1.23 bits per heavy atom. The van der Waals surface area contributed by atoms with Crippen LogP contribution in [0.4, 0.5) is 10.5 Å². The summed E-state index contributed by atoms with van der Waals surface area (Å²) in [5.41, 5.74) is 1.11. The Morgan fingerprint density at radius 3 is 2.57 bits per heavy atom. The van der Waals surface area contributed by atoms with E-state index in [2.05, 4.69) is 40.5 Å². The van der Waals surface area contributed by atoms with Gasteiger partial charge in [0.25, 0.3) is 0 Å². The maximum atomic E-state index is 12.6. The van der Waals surface area contributed by atoms with Gasteiger partial charge < -0.3 is 14.6 Å². The van der Waals surface area contributed by atoms with Gasteiger partial charge in [0, 0.05) is 25.6 Å². The highest BCUT2D eigenvalue weighted by molar-refractivity contribution is 14.1. The van der Waals surface area contributed by atoms with E-state index in [0.29, 0.717) is 17.7 Å². The molecule has 2 N–H and O–H groups in total. The number of nitrogens with one attached hydrogen (secondary N) is 1. The van der Waals surface area contributed by atoms with Crippen LogP contribution in [0.15, 0.2) is 47.4 Å². The molecular formula is C21H24INO5S2. The predicted molar refractivity (Wildman–Crippen MR) is 130 cm³/mol. The molecule has 162 valence electrons. The maximum absolute atomic E-state index is 12.6. The standard InChI is InChI=1S/C21H24INO5S2/c1-13(9-10-27-19(25)12-29)20(17-11-14(22)3-8-18(17)24)28-21(26)23-15-4-6-16(30-2)7-5-15/h3-8,11,13,20,24,29H,9-10,12H2,1-2H3,(H,23,26)/t13-,20-/m1/s1. The van der Waals surface area contributed by atoms with Crippen molar-refractivity contribution in [2.24, 2.45) is 5.92 Å². The molecule has 0 fully saturated rings. The van der Waals surface area contributed by atoms with Gasteiger partial charge in [0.2, 0.25) is 0 Å². The molecule has 30 heavy (non-hydrogen) atoms. The van der Waals surface area contributed by atoms with Gasteiger partial charge >= 0.3 is 12.1 Å². The van der Waals surface area contributed by atoms with Crippen LogP contribution in [0.1, 0.15) is 25.0 Å². The number of esters is 1. The summed E-state index contributed by atoms with van der Waals surface area (Å²) in [6, 6.07) is 12.5. The Hall–Kier alpha value is -1.59. The van der Waals surface area contributed by atoms with Gasteiger partial charge in [-0.15, -0.1) is 11.8 Å². The van der Waals surface area contributed by atoms with Gasteiger partial charge in [-0.3, -0.25) is 10.1 Å². The number of carbonyl (C=O) groups is 2. The Balaban J connectivity index is 2.14. The van der Waals surface area contributed by atoms with Crippen LogP contribution in [0.25, 0.3) is 0 Å². The first-order valence-electron chi connectivity index (χ1n) is 9.20. The molecule has 0 saturated heterocycles. The number of phenols is 1. The third kappa shape index (κ3) is 7.59. The van der Waals surface area contributed by atoms with Gasteiger partial charge in [-0.25, -0.2) is 4.79 Å². The van der Waals surface area contributed by atoms with Gasteiger partial charge in [0.15, 0.2) is 0 Å². The molecule has 1 amide bonds. The summed E-state index contributed by atoms with van der Waals surface area (Å²) in [6.07, 6.45) is 1.07. The SMILES string of the molecule is CSc1ccc(NC(=O)O[C@@H](c2cc(I)ccc2O)[C@H](C)CCOC(=O)CS)cc1. The van der Waals surface area contributed by atoms with E-state index >= 15 is 0 Å². The lowest BCUT2D eigenvalue weighted by Crippen LogP contribution is -2.23. The molecule has 2 atom stereocenters. The van der Waals surface area contributed by atoms with Crippen molar-refractivity contribution in [2.75, 3.05) is 23.9 Å². The second kappa shape index (κ2) is 12.3. The van der Waals surface area contributed by atoms with E-state index in [1.54, 1.807) is 42.1 Å². The number of hydrogen-bond acceptors (Lipinski definition) is 7. The van der Waals surface area contributed by atoms with Crippen molar-refractivity contribution < 1.29 is 24.2 Å². The fourth-order valence-electron chi connectivity index (χ4n) is 2.73. The summed E-state index contributed by atoms with van der Waals surface area (Å²) in [5, 5.41) is 13.1. The molecule has 2 aromatic rings. The topological polar surface area (TPSA) is 84.9 Å². The van der Waals surface area contributed by atoms with Crippen LogP contribution in [0.2, 0.25) is 0 Å². The average molecular weight is 561 g/mol. The first-order valence-corrected chi connectivity index (χ1v) is 12.1. The summed E-state index contributed by atoms with van der Waals surface area (Å²) in [6.45, 7) is 2.04. The molecule has 9 heteroatoms. The molecule has 0 aliphatic carbocycles. The van der Waals surface area contributed by atoms with Gasteiger partial charge in [-0.1, -0.05) is 6.92 Å². The summed E-state index contributed by atoms with van der Waals surface area (Å²) < 4.78 is 11.7. The molecule has 0 aromatic heterocycles. The molecule has 0 unspecified atom stereocenters. The molecule has 0 aliphatic heterocycles. The number of carbonyl (C=O) groups excluding carboxylic acids is 2. The minimum Gasteiger partial charge on any atom is -0.508 e. The van der Waals surface area contributed by atoms with Crippen molar-refractivity contribution in [3.8, 4) is 5.75 Å². The van der Waals surface area contributed by atoms with E-state index in [-0.39, 0.29) is 24.0 Å². The number of halogens is 1. The molecule has 0 bridgehead atoms. The highest BCUT2D eigenvalue weighted by Gasteiger charge is 2.27. The fraction of sp³-hybridized carbons (Fsp3) is 0.333. The summed E-state index contributed by atoms with van der Waals surface area (Å²) in [4.78, 5) is 25.0. The molecule has 0 saturated carbocycles.